The van der Waals surface area contributed by atoms with Crippen LogP contribution in [0.4, 0.5) is 5.13 Å². The fourth-order valence-corrected chi connectivity index (χ4v) is 3.29. The molecule has 0 saturated heterocycles. The second kappa shape index (κ2) is 8.48. The van der Waals surface area contributed by atoms with E-state index in [-0.39, 0.29) is 5.91 Å². The quantitative estimate of drug-likeness (QED) is 0.503. The van der Waals surface area contributed by atoms with Gasteiger partial charge in [0.25, 0.3) is 0 Å². The van der Waals surface area contributed by atoms with Gasteiger partial charge in [0.05, 0.1) is 5.52 Å². The maximum absolute atomic E-state index is 12.1. The molecule has 1 amide bonds. The Morgan fingerprint density at radius 2 is 2.08 bits per heavy atom. The Labute approximate surface area is 150 Å². The number of aromatic nitrogens is 3. The monoisotopic (exact) mass is 352 g/mol. The number of hydrogen-bond acceptors (Lipinski definition) is 5. The number of aryl methyl sites for hydroxylation is 1. The molecule has 0 radical (unpaired) electrons. The summed E-state index contributed by atoms with van der Waals surface area (Å²) in [5, 5.41) is 13.5. The average Bonchev–Trinajstić information content (AvgIpc) is 3.07. The number of para-hydroxylation sites is 1. The minimum absolute atomic E-state index is 0.218. The summed E-state index contributed by atoms with van der Waals surface area (Å²) in [6.07, 6.45) is 9.40. The number of amides is 1. The van der Waals surface area contributed by atoms with E-state index in [0.29, 0.717) is 5.13 Å². The second-order valence-corrected chi connectivity index (χ2v) is 6.77. The van der Waals surface area contributed by atoms with Crippen LogP contribution >= 0.6 is 11.3 Å². The van der Waals surface area contributed by atoms with E-state index in [9.17, 15) is 4.79 Å². The lowest BCUT2D eigenvalue weighted by Crippen LogP contribution is -2.07. The van der Waals surface area contributed by atoms with Gasteiger partial charge in [-0.25, -0.2) is 0 Å². The maximum atomic E-state index is 12.1. The normalized spacial score (nSPS) is 11.2. The lowest BCUT2D eigenvalue weighted by atomic mass is 10.1. The Balaban J connectivity index is 1.63. The van der Waals surface area contributed by atoms with Crippen molar-refractivity contribution in [2.24, 2.45) is 0 Å². The smallest absolute Gasteiger partial charge is 0.250 e. The third-order valence-corrected chi connectivity index (χ3v) is 4.67. The van der Waals surface area contributed by atoms with Crippen molar-refractivity contribution in [1.29, 1.82) is 0 Å². The van der Waals surface area contributed by atoms with Crippen molar-refractivity contribution in [3.63, 3.8) is 0 Å². The molecule has 0 spiro atoms. The van der Waals surface area contributed by atoms with Crippen LogP contribution in [0.25, 0.3) is 17.0 Å². The molecule has 2 heterocycles. The predicted molar refractivity (Wildman–Crippen MR) is 103 cm³/mol. The van der Waals surface area contributed by atoms with Crippen molar-refractivity contribution in [2.75, 3.05) is 5.32 Å². The number of hydrogen-bond donors (Lipinski definition) is 1. The van der Waals surface area contributed by atoms with E-state index in [4.69, 9.17) is 0 Å². The summed E-state index contributed by atoms with van der Waals surface area (Å²) in [5.74, 6) is -0.218. The molecule has 0 aliphatic heterocycles. The highest BCUT2D eigenvalue weighted by Gasteiger charge is 2.06. The van der Waals surface area contributed by atoms with Crippen molar-refractivity contribution < 1.29 is 4.79 Å². The number of anilines is 1. The molecule has 5 nitrogen and oxygen atoms in total. The zero-order valence-electron chi connectivity index (χ0n) is 14.1. The van der Waals surface area contributed by atoms with Crippen LogP contribution in [-0.2, 0) is 11.2 Å². The fourth-order valence-electron chi connectivity index (χ4n) is 2.51. The van der Waals surface area contributed by atoms with Crippen LogP contribution in [0.3, 0.4) is 0 Å². The van der Waals surface area contributed by atoms with Gasteiger partial charge in [-0.1, -0.05) is 55.4 Å². The van der Waals surface area contributed by atoms with Gasteiger partial charge in [-0.05, 0) is 18.6 Å². The topological polar surface area (TPSA) is 67.8 Å². The number of fused-ring (bicyclic) bond motifs is 1. The molecule has 0 atom stereocenters. The van der Waals surface area contributed by atoms with Gasteiger partial charge in [0.2, 0.25) is 11.0 Å². The molecule has 0 aliphatic rings. The number of unbranched alkanes of at least 4 members (excludes halogenated alkanes) is 2. The van der Waals surface area contributed by atoms with E-state index in [0.717, 1.165) is 34.3 Å². The van der Waals surface area contributed by atoms with Crippen molar-refractivity contribution in [1.82, 2.24) is 15.2 Å². The Hall–Kier alpha value is -2.60. The number of carbonyl (C=O) groups excluding carboxylic acids is 1. The van der Waals surface area contributed by atoms with Crippen LogP contribution < -0.4 is 5.32 Å². The van der Waals surface area contributed by atoms with Crippen LogP contribution in [0.5, 0.6) is 0 Å². The highest BCUT2D eigenvalue weighted by molar-refractivity contribution is 7.15. The van der Waals surface area contributed by atoms with Crippen LogP contribution in [0.2, 0.25) is 0 Å². The molecule has 6 heteroatoms. The van der Waals surface area contributed by atoms with Gasteiger partial charge < -0.3 is 0 Å². The molecule has 0 saturated carbocycles. The Morgan fingerprint density at radius 1 is 1.20 bits per heavy atom. The number of rotatable bonds is 7. The summed E-state index contributed by atoms with van der Waals surface area (Å²) >= 11 is 1.44. The van der Waals surface area contributed by atoms with Gasteiger partial charge in [0.15, 0.2) is 0 Å². The molecule has 2 aromatic heterocycles. The first-order chi connectivity index (χ1) is 12.3. The molecule has 0 fully saturated rings. The molecule has 3 rings (SSSR count). The Kier molecular flexibility index (Phi) is 5.85. The minimum Gasteiger partial charge on any atom is -0.297 e. The Morgan fingerprint density at radius 3 is 2.96 bits per heavy atom. The van der Waals surface area contributed by atoms with E-state index < -0.39 is 0 Å². The van der Waals surface area contributed by atoms with Crippen LogP contribution in [0.15, 0.2) is 42.6 Å². The molecule has 25 heavy (non-hydrogen) atoms. The van der Waals surface area contributed by atoms with Crippen molar-refractivity contribution in [3.05, 3.63) is 53.2 Å². The van der Waals surface area contributed by atoms with Gasteiger partial charge in [0.1, 0.15) is 5.01 Å². The highest BCUT2D eigenvalue weighted by atomic mass is 32.1. The fraction of sp³-hybridized carbons (Fsp3) is 0.263. The van der Waals surface area contributed by atoms with Crippen molar-refractivity contribution in [2.45, 2.75) is 32.6 Å². The van der Waals surface area contributed by atoms with Crippen molar-refractivity contribution in [3.8, 4) is 0 Å². The molecular formula is C19H20N4OS. The summed E-state index contributed by atoms with van der Waals surface area (Å²) in [6, 6.07) is 9.79. The van der Waals surface area contributed by atoms with E-state index in [2.05, 4.69) is 27.4 Å². The molecule has 3 aromatic rings. The van der Waals surface area contributed by atoms with E-state index >= 15 is 0 Å². The standard InChI is InChI=1S/C19H20N4OS/c1-2-3-4-10-17-22-23-19(25-17)21-16(24)12-11-15-8-5-7-14-9-6-13-20-18(14)15/h5-9,11-13H,2-4,10H2,1H3,(H,21,23,24)/b12-11+. The first-order valence-corrected chi connectivity index (χ1v) is 9.23. The van der Waals surface area contributed by atoms with E-state index in [1.54, 1.807) is 12.3 Å². The van der Waals surface area contributed by atoms with Crippen molar-refractivity contribution >= 4 is 39.4 Å². The third kappa shape index (κ3) is 4.70. The number of benzene rings is 1. The zero-order chi connectivity index (χ0) is 17.5. The summed E-state index contributed by atoms with van der Waals surface area (Å²) in [4.78, 5) is 16.5. The molecule has 0 aliphatic carbocycles. The van der Waals surface area contributed by atoms with Gasteiger partial charge in [-0.15, -0.1) is 10.2 Å². The van der Waals surface area contributed by atoms with Crippen LogP contribution in [-0.4, -0.2) is 21.1 Å². The number of pyridine rings is 1. The van der Waals surface area contributed by atoms with Gasteiger partial charge in [0, 0.05) is 29.6 Å². The number of nitrogens with one attached hydrogen (secondary N) is 1. The van der Waals surface area contributed by atoms with Gasteiger partial charge >= 0.3 is 0 Å². The van der Waals surface area contributed by atoms with E-state index in [1.807, 2.05) is 30.3 Å². The molecule has 0 bridgehead atoms. The van der Waals surface area contributed by atoms with Crippen LogP contribution in [0, 0.1) is 0 Å². The summed E-state index contributed by atoms with van der Waals surface area (Å²) < 4.78 is 0. The first-order valence-electron chi connectivity index (χ1n) is 8.41. The van der Waals surface area contributed by atoms with Gasteiger partial charge in [-0.3, -0.25) is 15.1 Å². The number of nitrogens with zero attached hydrogens (tertiary/aromatic N) is 3. The lowest BCUT2D eigenvalue weighted by Gasteiger charge is -2.00. The largest absolute Gasteiger partial charge is 0.297 e. The highest BCUT2D eigenvalue weighted by Crippen LogP contribution is 2.19. The van der Waals surface area contributed by atoms with E-state index in [1.165, 1.54) is 30.3 Å². The number of carbonyl (C=O) groups is 1. The average molecular weight is 352 g/mol. The zero-order valence-corrected chi connectivity index (χ0v) is 14.9. The summed E-state index contributed by atoms with van der Waals surface area (Å²) in [6.45, 7) is 2.17. The molecule has 0 unspecified atom stereocenters. The lowest BCUT2D eigenvalue weighted by molar-refractivity contribution is -0.111. The SMILES string of the molecule is CCCCCc1nnc(NC(=O)/C=C/c2cccc3cccnc23)s1. The molecule has 1 aromatic carbocycles. The Bertz CT molecular complexity index is 883. The molecule has 1 N–H and O–H groups in total. The molecule has 128 valence electrons. The second-order valence-electron chi connectivity index (χ2n) is 5.70. The maximum Gasteiger partial charge on any atom is 0.250 e. The molecular weight excluding hydrogens is 332 g/mol. The predicted octanol–water partition coefficient (Wildman–Crippen LogP) is 4.47. The van der Waals surface area contributed by atoms with Gasteiger partial charge in [-0.2, -0.15) is 0 Å². The summed E-state index contributed by atoms with van der Waals surface area (Å²) in [7, 11) is 0. The third-order valence-electron chi connectivity index (χ3n) is 3.77. The minimum atomic E-state index is -0.218. The van der Waals surface area contributed by atoms with Crippen LogP contribution in [0.1, 0.15) is 36.8 Å². The summed E-state index contributed by atoms with van der Waals surface area (Å²) in [5.41, 5.74) is 1.79. The first kappa shape index (κ1) is 17.2.